The fourth-order valence-corrected chi connectivity index (χ4v) is 4.17. The standard InChI is InChI=1S/C26H22N4O2/c1-17-5-8-22(9-6-17)30-16-21(14-25(30)31)29-26(32)19-7-10-24-18(13-19)3-2-4-23(24)20-11-12-27-28-15-20/h2-13,15,21H,14,16H2,1H3,(H,29,32). The molecule has 6 nitrogen and oxygen atoms in total. The molecule has 32 heavy (non-hydrogen) atoms. The van der Waals surface area contributed by atoms with E-state index in [1.165, 1.54) is 0 Å². The lowest BCUT2D eigenvalue weighted by Gasteiger charge is -2.17. The van der Waals surface area contributed by atoms with Gasteiger partial charge in [-0.3, -0.25) is 9.59 Å². The van der Waals surface area contributed by atoms with Gasteiger partial charge in [-0.2, -0.15) is 10.2 Å². The number of benzene rings is 3. The Morgan fingerprint density at radius 1 is 1.03 bits per heavy atom. The summed E-state index contributed by atoms with van der Waals surface area (Å²) in [5, 5.41) is 12.8. The van der Waals surface area contributed by atoms with Crippen molar-refractivity contribution in [3.8, 4) is 11.1 Å². The normalized spacial score (nSPS) is 15.8. The number of nitrogens with zero attached hydrogens (tertiary/aromatic N) is 3. The average Bonchev–Trinajstić information content (AvgIpc) is 3.19. The van der Waals surface area contributed by atoms with E-state index in [0.29, 0.717) is 18.5 Å². The number of carbonyl (C=O) groups is 2. The van der Waals surface area contributed by atoms with E-state index in [-0.39, 0.29) is 17.9 Å². The maximum atomic E-state index is 12.9. The van der Waals surface area contributed by atoms with Gasteiger partial charge in [-0.25, -0.2) is 0 Å². The highest BCUT2D eigenvalue weighted by Gasteiger charge is 2.31. The molecule has 1 N–H and O–H groups in total. The summed E-state index contributed by atoms with van der Waals surface area (Å²) in [4.78, 5) is 27.2. The summed E-state index contributed by atoms with van der Waals surface area (Å²) in [6.07, 6.45) is 3.69. The second-order valence-corrected chi connectivity index (χ2v) is 8.09. The average molecular weight is 422 g/mol. The van der Waals surface area contributed by atoms with Crippen LogP contribution in [0.3, 0.4) is 0 Å². The highest BCUT2D eigenvalue weighted by atomic mass is 16.2. The van der Waals surface area contributed by atoms with Crippen LogP contribution in [0.25, 0.3) is 21.9 Å². The fourth-order valence-electron chi connectivity index (χ4n) is 4.17. The van der Waals surface area contributed by atoms with Crippen LogP contribution in [0, 0.1) is 6.92 Å². The maximum absolute atomic E-state index is 12.9. The van der Waals surface area contributed by atoms with Gasteiger partial charge in [0.2, 0.25) is 5.91 Å². The van der Waals surface area contributed by atoms with E-state index in [0.717, 1.165) is 33.2 Å². The van der Waals surface area contributed by atoms with E-state index in [9.17, 15) is 9.59 Å². The van der Waals surface area contributed by atoms with Crippen molar-refractivity contribution in [3.63, 3.8) is 0 Å². The fraction of sp³-hybridized carbons (Fsp3) is 0.154. The van der Waals surface area contributed by atoms with E-state index >= 15 is 0 Å². The van der Waals surface area contributed by atoms with Gasteiger partial charge in [-0.05, 0) is 53.6 Å². The first kappa shape index (κ1) is 19.9. The van der Waals surface area contributed by atoms with Crippen LogP contribution in [0.2, 0.25) is 0 Å². The van der Waals surface area contributed by atoms with Gasteiger partial charge in [0.25, 0.3) is 5.91 Å². The van der Waals surface area contributed by atoms with E-state index in [4.69, 9.17) is 0 Å². The largest absolute Gasteiger partial charge is 0.347 e. The lowest BCUT2D eigenvalue weighted by atomic mass is 9.98. The van der Waals surface area contributed by atoms with Gasteiger partial charge in [0.1, 0.15) is 0 Å². The lowest BCUT2D eigenvalue weighted by Crippen LogP contribution is -2.37. The van der Waals surface area contributed by atoms with Crippen LogP contribution in [0.4, 0.5) is 5.69 Å². The monoisotopic (exact) mass is 422 g/mol. The molecule has 1 aromatic heterocycles. The minimum Gasteiger partial charge on any atom is -0.347 e. The van der Waals surface area contributed by atoms with Crippen LogP contribution in [0.5, 0.6) is 0 Å². The minimum atomic E-state index is -0.221. The smallest absolute Gasteiger partial charge is 0.251 e. The number of hydrogen-bond acceptors (Lipinski definition) is 4. The van der Waals surface area contributed by atoms with Gasteiger partial charge < -0.3 is 10.2 Å². The molecule has 0 spiro atoms. The summed E-state index contributed by atoms with van der Waals surface area (Å²) in [5.74, 6) is -0.153. The molecular weight excluding hydrogens is 400 g/mol. The Hall–Kier alpha value is -4.06. The SMILES string of the molecule is Cc1ccc(N2CC(NC(=O)c3ccc4c(-c5ccnnc5)cccc4c3)CC2=O)cc1. The van der Waals surface area contributed by atoms with Gasteiger partial charge in [-0.1, -0.05) is 42.0 Å². The number of rotatable bonds is 4. The first-order chi connectivity index (χ1) is 15.6. The molecule has 6 heteroatoms. The summed E-state index contributed by atoms with van der Waals surface area (Å²) < 4.78 is 0. The third-order valence-corrected chi connectivity index (χ3v) is 5.84. The molecule has 2 heterocycles. The van der Waals surface area contributed by atoms with Gasteiger partial charge >= 0.3 is 0 Å². The molecule has 158 valence electrons. The van der Waals surface area contributed by atoms with Crippen LogP contribution >= 0.6 is 0 Å². The Bertz CT molecular complexity index is 1300. The third-order valence-electron chi connectivity index (χ3n) is 5.84. The molecule has 1 saturated heterocycles. The van der Waals surface area contributed by atoms with Crippen molar-refractivity contribution in [3.05, 3.63) is 90.3 Å². The molecule has 5 rings (SSSR count). The zero-order valence-electron chi connectivity index (χ0n) is 17.7. The van der Waals surface area contributed by atoms with Gasteiger partial charge in [-0.15, -0.1) is 0 Å². The van der Waals surface area contributed by atoms with Crippen LogP contribution in [-0.4, -0.2) is 34.6 Å². The Kier molecular flexibility index (Phi) is 5.11. The molecule has 0 saturated carbocycles. The van der Waals surface area contributed by atoms with Gasteiger partial charge in [0.05, 0.1) is 18.4 Å². The van der Waals surface area contributed by atoms with Crippen LogP contribution in [0.15, 0.2) is 79.1 Å². The number of aryl methyl sites for hydroxylation is 1. The van der Waals surface area contributed by atoms with Gasteiger partial charge in [0.15, 0.2) is 0 Å². The summed E-state index contributed by atoms with van der Waals surface area (Å²) in [6.45, 7) is 2.49. The van der Waals surface area contributed by atoms with Crippen molar-refractivity contribution in [2.24, 2.45) is 0 Å². The molecule has 1 fully saturated rings. The Morgan fingerprint density at radius 3 is 2.66 bits per heavy atom. The van der Waals surface area contributed by atoms with E-state index < -0.39 is 0 Å². The number of amides is 2. The second kappa shape index (κ2) is 8.23. The number of carbonyl (C=O) groups excluding carboxylic acids is 2. The Balaban J connectivity index is 1.34. The number of fused-ring (bicyclic) bond motifs is 1. The molecule has 3 aromatic carbocycles. The number of aromatic nitrogens is 2. The molecule has 1 aliphatic heterocycles. The van der Waals surface area contributed by atoms with Crippen molar-refractivity contribution >= 4 is 28.3 Å². The summed E-state index contributed by atoms with van der Waals surface area (Å²) in [7, 11) is 0. The van der Waals surface area contributed by atoms with Crippen molar-refractivity contribution < 1.29 is 9.59 Å². The molecule has 1 aliphatic rings. The minimum absolute atomic E-state index is 0.0215. The molecule has 1 atom stereocenters. The van der Waals surface area contributed by atoms with Gasteiger partial charge in [0, 0.05) is 29.8 Å². The molecule has 4 aromatic rings. The first-order valence-corrected chi connectivity index (χ1v) is 10.6. The highest BCUT2D eigenvalue weighted by Crippen LogP contribution is 2.29. The highest BCUT2D eigenvalue weighted by molar-refractivity contribution is 6.03. The Labute approximate surface area is 185 Å². The van der Waals surface area contributed by atoms with Crippen LogP contribution < -0.4 is 10.2 Å². The van der Waals surface area contributed by atoms with Crippen molar-refractivity contribution in [1.82, 2.24) is 15.5 Å². The first-order valence-electron chi connectivity index (χ1n) is 10.6. The van der Waals surface area contributed by atoms with Crippen molar-refractivity contribution in [2.45, 2.75) is 19.4 Å². The summed E-state index contributed by atoms with van der Waals surface area (Å²) in [5.41, 5.74) is 4.60. The van der Waals surface area contributed by atoms with E-state index in [2.05, 4.69) is 15.5 Å². The van der Waals surface area contributed by atoms with Crippen LogP contribution in [-0.2, 0) is 4.79 Å². The molecule has 1 unspecified atom stereocenters. The quantitative estimate of drug-likeness (QED) is 0.536. The number of nitrogens with one attached hydrogen (secondary N) is 1. The molecule has 0 aliphatic carbocycles. The lowest BCUT2D eigenvalue weighted by molar-refractivity contribution is -0.117. The number of anilines is 1. The predicted molar refractivity (Wildman–Crippen MR) is 124 cm³/mol. The Morgan fingerprint density at radius 2 is 1.88 bits per heavy atom. The molecular formula is C26H22N4O2. The van der Waals surface area contributed by atoms with Crippen molar-refractivity contribution in [2.75, 3.05) is 11.4 Å². The van der Waals surface area contributed by atoms with Crippen molar-refractivity contribution in [1.29, 1.82) is 0 Å². The zero-order chi connectivity index (χ0) is 22.1. The predicted octanol–water partition coefficient (Wildman–Crippen LogP) is 4.14. The topological polar surface area (TPSA) is 75.2 Å². The number of hydrogen-bond donors (Lipinski definition) is 1. The molecule has 0 radical (unpaired) electrons. The molecule has 0 bridgehead atoms. The maximum Gasteiger partial charge on any atom is 0.251 e. The summed E-state index contributed by atoms with van der Waals surface area (Å²) in [6, 6.07) is 21.2. The zero-order valence-corrected chi connectivity index (χ0v) is 17.7. The van der Waals surface area contributed by atoms with Crippen LogP contribution in [0.1, 0.15) is 22.3 Å². The summed E-state index contributed by atoms with van der Waals surface area (Å²) >= 11 is 0. The van der Waals surface area contributed by atoms with E-state index in [1.807, 2.05) is 73.7 Å². The molecule has 2 amide bonds. The second-order valence-electron chi connectivity index (χ2n) is 8.09. The van der Waals surface area contributed by atoms with E-state index in [1.54, 1.807) is 17.3 Å². The third kappa shape index (κ3) is 3.83.